The average molecular weight is 565 g/mol. The third-order valence-electron chi connectivity index (χ3n) is 7.78. The number of benzene rings is 2. The number of carboxylic acid groups (broad SMARTS) is 1. The van der Waals surface area contributed by atoms with E-state index in [2.05, 4.69) is 29.4 Å². The number of amides is 2. The van der Waals surface area contributed by atoms with E-state index in [1.54, 1.807) is 23.2 Å². The molecule has 2 aromatic carbocycles. The molecule has 8 nitrogen and oxygen atoms in total. The lowest BCUT2D eigenvalue weighted by atomic mass is 9.72. The summed E-state index contributed by atoms with van der Waals surface area (Å²) in [6, 6.07) is 17.2. The lowest BCUT2D eigenvalue weighted by molar-refractivity contribution is -0.0563. The molecule has 0 saturated carbocycles. The molecule has 1 aliphatic heterocycles. The molecule has 0 aliphatic carbocycles. The molecule has 1 saturated heterocycles. The van der Waals surface area contributed by atoms with Gasteiger partial charge in [0.25, 0.3) is 5.91 Å². The van der Waals surface area contributed by atoms with Gasteiger partial charge in [-0.25, -0.2) is 4.79 Å². The summed E-state index contributed by atoms with van der Waals surface area (Å²) in [6.07, 6.45) is 3.45. The number of aromatic nitrogens is 1. The van der Waals surface area contributed by atoms with Crippen LogP contribution in [0.15, 0.2) is 60.8 Å². The number of carbonyl (C=O) groups excluding carboxylic acids is 1. The summed E-state index contributed by atoms with van der Waals surface area (Å²) in [5.41, 5.74) is 9.00. The van der Waals surface area contributed by atoms with E-state index < -0.39 is 11.7 Å². The number of aryl methyl sites for hydroxylation is 1. The summed E-state index contributed by atoms with van der Waals surface area (Å²) in [5, 5.41) is 24.6. The molecule has 1 aromatic heterocycles. The van der Waals surface area contributed by atoms with Crippen LogP contribution in [0.2, 0.25) is 5.02 Å². The second-order valence-corrected chi connectivity index (χ2v) is 10.7. The van der Waals surface area contributed by atoms with Crippen molar-refractivity contribution < 1.29 is 19.8 Å². The van der Waals surface area contributed by atoms with Gasteiger partial charge in [-0.05, 0) is 67.0 Å². The van der Waals surface area contributed by atoms with Crippen LogP contribution in [0.3, 0.4) is 0 Å². The lowest BCUT2D eigenvalue weighted by Crippen LogP contribution is -2.48. The van der Waals surface area contributed by atoms with E-state index in [9.17, 15) is 14.7 Å². The summed E-state index contributed by atoms with van der Waals surface area (Å²) in [7, 11) is 0. The Labute approximate surface area is 240 Å². The fourth-order valence-electron chi connectivity index (χ4n) is 5.64. The van der Waals surface area contributed by atoms with Gasteiger partial charge in [-0.15, -0.1) is 0 Å². The molecular weight excluding hydrogens is 528 g/mol. The van der Waals surface area contributed by atoms with Crippen LogP contribution in [0.1, 0.15) is 59.8 Å². The highest BCUT2D eigenvalue weighted by Gasteiger charge is 2.43. The number of rotatable bonds is 10. The number of hydrogen-bond donors (Lipinski definition) is 4. The molecule has 212 valence electrons. The van der Waals surface area contributed by atoms with Crippen LogP contribution < -0.4 is 11.1 Å². The molecule has 4 rings (SSSR count). The van der Waals surface area contributed by atoms with E-state index in [0.717, 1.165) is 29.5 Å². The standard InChI is InChI=1S/C31H37ClN4O4/c1-2-21-7-3-8-22(17-21)28-26(10-4-11-27(28)32)31(40,14-6-15-34-30(38)39)24-9-5-16-36(20-24)29(37)23-12-13-25(18-33)35-19-23/h3-4,7-8,10-13,17,19,24,34,40H,2,5-6,9,14-16,18,20,33H2,1H3,(H,38,39). The maximum Gasteiger partial charge on any atom is 0.404 e. The van der Waals surface area contributed by atoms with Crippen molar-refractivity contribution in [1.82, 2.24) is 15.2 Å². The quantitative estimate of drug-likeness (QED) is 0.250. The van der Waals surface area contributed by atoms with Gasteiger partial charge in [0.05, 0.1) is 16.9 Å². The number of piperidine rings is 1. The van der Waals surface area contributed by atoms with E-state index >= 15 is 0 Å². The minimum Gasteiger partial charge on any atom is -0.465 e. The number of carbonyl (C=O) groups is 2. The summed E-state index contributed by atoms with van der Waals surface area (Å²) in [4.78, 5) is 30.6. The van der Waals surface area contributed by atoms with Crippen LogP contribution >= 0.6 is 11.6 Å². The number of likely N-dealkylation sites (tertiary alicyclic amines) is 1. The maximum absolute atomic E-state index is 13.4. The zero-order valence-electron chi connectivity index (χ0n) is 22.8. The van der Waals surface area contributed by atoms with Gasteiger partial charge in [0.15, 0.2) is 0 Å². The number of hydrogen-bond acceptors (Lipinski definition) is 5. The number of pyridine rings is 1. The van der Waals surface area contributed by atoms with Crippen molar-refractivity contribution in [3.8, 4) is 11.1 Å². The smallest absolute Gasteiger partial charge is 0.404 e. The molecule has 1 aliphatic rings. The third kappa shape index (κ3) is 6.63. The highest BCUT2D eigenvalue weighted by molar-refractivity contribution is 6.33. The van der Waals surface area contributed by atoms with E-state index in [1.165, 1.54) is 0 Å². The van der Waals surface area contributed by atoms with Crippen LogP contribution in [0, 0.1) is 5.92 Å². The molecule has 5 N–H and O–H groups in total. The van der Waals surface area contributed by atoms with E-state index in [1.807, 2.05) is 30.3 Å². The number of nitrogens with two attached hydrogens (primary N) is 1. The first-order valence-corrected chi connectivity index (χ1v) is 14.2. The molecule has 1 fully saturated rings. The minimum atomic E-state index is -1.36. The van der Waals surface area contributed by atoms with Crippen molar-refractivity contribution in [2.24, 2.45) is 11.7 Å². The molecule has 3 aromatic rings. The highest BCUT2D eigenvalue weighted by Crippen LogP contribution is 2.45. The van der Waals surface area contributed by atoms with Gasteiger partial charge in [-0.1, -0.05) is 54.9 Å². The molecule has 0 bridgehead atoms. The van der Waals surface area contributed by atoms with Gasteiger partial charge in [0.2, 0.25) is 0 Å². The monoisotopic (exact) mass is 564 g/mol. The summed E-state index contributed by atoms with van der Waals surface area (Å²) >= 11 is 6.81. The Hall–Kier alpha value is -3.46. The van der Waals surface area contributed by atoms with Gasteiger partial charge >= 0.3 is 6.09 Å². The summed E-state index contributed by atoms with van der Waals surface area (Å²) < 4.78 is 0. The van der Waals surface area contributed by atoms with Crippen molar-refractivity contribution in [3.63, 3.8) is 0 Å². The molecule has 9 heteroatoms. The zero-order valence-corrected chi connectivity index (χ0v) is 23.5. The van der Waals surface area contributed by atoms with E-state index in [-0.39, 0.29) is 18.4 Å². The first kappa shape index (κ1) is 29.5. The second kappa shape index (κ2) is 13.3. The lowest BCUT2D eigenvalue weighted by Gasteiger charge is -2.44. The number of aliphatic hydroxyl groups is 1. The van der Waals surface area contributed by atoms with E-state index in [4.69, 9.17) is 22.4 Å². The SMILES string of the molecule is CCc1cccc(-c2c(Cl)cccc2C(O)(CCCNC(=O)O)C2CCCN(C(=O)c3ccc(CN)nc3)C2)c1. The molecule has 0 radical (unpaired) electrons. The number of nitrogens with zero attached hydrogens (tertiary/aromatic N) is 2. The Morgan fingerprint density at radius 3 is 2.70 bits per heavy atom. The Kier molecular flexibility index (Phi) is 9.79. The van der Waals surface area contributed by atoms with Crippen molar-refractivity contribution in [2.75, 3.05) is 19.6 Å². The summed E-state index contributed by atoms with van der Waals surface area (Å²) in [6.45, 7) is 3.51. The Morgan fingerprint density at radius 2 is 2.00 bits per heavy atom. The van der Waals surface area contributed by atoms with Crippen LogP contribution in [0.4, 0.5) is 4.79 Å². The Balaban J connectivity index is 1.71. The van der Waals surface area contributed by atoms with Crippen LogP contribution in [0.5, 0.6) is 0 Å². The zero-order chi connectivity index (χ0) is 28.7. The normalized spacial score (nSPS) is 16.8. The molecule has 2 heterocycles. The number of halogens is 1. The first-order chi connectivity index (χ1) is 19.3. The van der Waals surface area contributed by atoms with Gasteiger partial charge in [-0.3, -0.25) is 9.78 Å². The topological polar surface area (TPSA) is 129 Å². The minimum absolute atomic E-state index is 0.141. The van der Waals surface area contributed by atoms with Crippen molar-refractivity contribution in [3.05, 3.63) is 88.2 Å². The van der Waals surface area contributed by atoms with Crippen molar-refractivity contribution in [2.45, 2.75) is 51.2 Å². The average Bonchev–Trinajstić information content (AvgIpc) is 2.98. The fourth-order valence-corrected chi connectivity index (χ4v) is 5.93. The van der Waals surface area contributed by atoms with Crippen LogP contribution in [-0.4, -0.2) is 51.7 Å². The Bertz CT molecular complexity index is 1330. The van der Waals surface area contributed by atoms with E-state index in [0.29, 0.717) is 60.7 Å². The van der Waals surface area contributed by atoms with Crippen LogP contribution in [-0.2, 0) is 18.6 Å². The predicted octanol–water partition coefficient (Wildman–Crippen LogP) is 5.21. The van der Waals surface area contributed by atoms with Crippen LogP contribution in [0.25, 0.3) is 11.1 Å². The number of nitrogens with one attached hydrogen (secondary N) is 1. The fraction of sp³-hybridized carbons (Fsp3) is 0.387. The van der Waals surface area contributed by atoms with Gasteiger partial charge < -0.3 is 26.2 Å². The Morgan fingerprint density at radius 1 is 1.20 bits per heavy atom. The first-order valence-electron chi connectivity index (χ1n) is 13.8. The van der Waals surface area contributed by atoms with Gasteiger partial charge in [-0.2, -0.15) is 0 Å². The predicted molar refractivity (Wildman–Crippen MR) is 156 cm³/mol. The molecule has 2 atom stereocenters. The van der Waals surface area contributed by atoms with Crippen molar-refractivity contribution >= 4 is 23.6 Å². The highest BCUT2D eigenvalue weighted by atomic mass is 35.5. The molecule has 0 spiro atoms. The summed E-state index contributed by atoms with van der Waals surface area (Å²) in [5.74, 6) is -0.435. The molecule has 2 unspecified atom stereocenters. The molecule has 40 heavy (non-hydrogen) atoms. The maximum atomic E-state index is 13.4. The molecule has 2 amide bonds. The second-order valence-electron chi connectivity index (χ2n) is 10.3. The van der Waals surface area contributed by atoms with Crippen molar-refractivity contribution in [1.29, 1.82) is 0 Å². The van der Waals surface area contributed by atoms with Gasteiger partial charge in [0, 0.05) is 48.9 Å². The third-order valence-corrected chi connectivity index (χ3v) is 8.09. The molecular formula is C31H37ClN4O4. The van der Waals surface area contributed by atoms with Gasteiger partial charge in [0.1, 0.15) is 0 Å². The largest absolute Gasteiger partial charge is 0.465 e.